The molecule has 2 aliphatic heterocycles. The topological polar surface area (TPSA) is 81.5 Å². The highest BCUT2D eigenvalue weighted by molar-refractivity contribution is 9.10. The number of halogens is 1. The average molecular weight is 525 g/mol. The fraction of sp³-hybridized carbons (Fsp3) is 0.269. The second-order valence-electron chi connectivity index (χ2n) is 7.99. The third-order valence-electron chi connectivity index (χ3n) is 5.94. The minimum Gasteiger partial charge on any atom is -0.504 e. The monoisotopic (exact) mass is 524 g/mol. The summed E-state index contributed by atoms with van der Waals surface area (Å²) in [5.41, 5.74) is 3.58. The summed E-state index contributed by atoms with van der Waals surface area (Å²) >= 11 is 3.58. The predicted molar refractivity (Wildman–Crippen MR) is 132 cm³/mol. The second-order valence-corrected chi connectivity index (χ2v) is 8.85. The smallest absolute Gasteiger partial charge is 0.231 e. The molecular weight excluding hydrogens is 500 g/mol. The molecule has 8 heteroatoms. The van der Waals surface area contributed by atoms with E-state index in [0.29, 0.717) is 24.5 Å². The molecule has 7 nitrogen and oxygen atoms in total. The average Bonchev–Trinajstić information content (AvgIpc) is 3.33. The summed E-state index contributed by atoms with van der Waals surface area (Å²) in [7, 11) is 1.64. The third-order valence-corrected chi connectivity index (χ3v) is 6.56. The highest BCUT2D eigenvalue weighted by Gasteiger charge is 2.29. The Kier molecular flexibility index (Phi) is 6.34. The van der Waals surface area contributed by atoms with Gasteiger partial charge in [-0.05, 0) is 70.4 Å². The maximum Gasteiger partial charge on any atom is 0.231 e. The molecule has 176 valence electrons. The van der Waals surface area contributed by atoms with Gasteiger partial charge in [0.25, 0.3) is 0 Å². The molecule has 5 rings (SSSR count). The van der Waals surface area contributed by atoms with E-state index in [4.69, 9.17) is 23.9 Å². The summed E-state index contributed by atoms with van der Waals surface area (Å²) in [6.07, 6.45) is 0.243. The standard InChI is InChI=1S/C26H25BrN2O5/c1-3-32-23-6-4-5-17(25(23)30)20-13-19(15-7-10-22-24(12-15)34-14-33-22)28-26(29-20)16-8-9-21(31-2)18(27)11-16/h4-12,20,26,29-30H,3,13-14H2,1-2H3/t20-,26-/m1/s1. The maximum atomic E-state index is 11.0. The Labute approximate surface area is 206 Å². The Balaban J connectivity index is 1.56. The van der Waals surface area contributed by atoms with Crippen molar-refractivity contribution in [2.45, 2.75) is 25.6 Å². The highest BCUT2D eigenvalue weighted by Crippen LogP contribution is 2.41. The first-order valence-corrected chi connectivity index (χ1v) is 11.9. The fourth-order valence-corrected chi connectivity index (χ4v) is 4.83. The Hall–Kier alpha value is -3.23. The number of phenols is 1. The van der Waals surface area contributed by atoms with Gasteiger partial charge in [-0.25, -0.2) is 0 Å². The summed E-state index contributed by atoms with van der Waals surface area (Å²) < 4.78 is 22.9. The number of hydrogen-bond donors (Lipinski definition) is 2. The van der Waals surface area contributed by atoms with Crippen LogP contribution in [0.5, 0.6) is 28.7 Å². The number of hydrogen-bond acceptors (Lipinski definition) is 7. The van der Waals surface area contributed by atoms with Gasteiger partial charge in [-0.15, -0.1) is 0 Å². The predicted octanol–water partition coefficient (Wildman–Crippen LogP) is 5.51. The molecule has 0 unspecified atom stereocenters. The summed E-state index contributed by atoms with van der Waals surface area (Å²) in [6.45, 7) is 2.59. The molecular formula is C26H25BrN2O5. The van der Waals surface area contributed by atoms with Crippen LogP contribution < -0.4 is 24.3 Å². The van der Waals surface area contributed by atoms with Crippen molar-refractivity contribution < 1.29 is 24.1 Å². The Bertz CT molecular complexity index is 1250. The summed E-state index contributed by atoms with van der Waals surface area (Å²) in [6, 6.07) is 17.1. The van der Waals surface area contributed by atoms with E-state index in [1.165, 1.54) is 0 Å². The molecule has 3 aromatic rings. The van der Waals surface area contributed by atoms with Crippen LogP contribution in [0.25, 0.3) is 0 Å². The number of benzene rings is 3. The van der Waals surface area contributed by atoms with E-state index in [0.717, 1.165) is 38.4 Å². The number of rotatable bonds is 6. The zero-order chi connectivity index (χ0) is 23.7. The van der Waals surface area contributed by atoms with Gasteiger partial charge in [0, 0.05) is 23.7 Å². The fourth-order valence-electron chi connectivity index (χ4n) is 4.27. The van der Waals surface area contributed by atoms with Crippen LogP contribution in [0.15, 0.2) is 64.1 Å². The minimum absolute atomic E-state index is 0.142. The number of nitrogens with one attached hydrogen (secondary N) is 1. The van der Waals surface area contributed by atoms with Crippen molar-refractivity contribution in [2.24, 2.45) is 4.99 Å². The molecule has 2 heterocycles. The van der Waals surface area contributed by atoms with E-state index in [1.54, 1.807) is 13.2 Å². The van der Waals surface area contributed by atoms with Gasteiger partial charge in [0.05, 0.1) is 18.2 Å². The minimum atomic E-state index is -0.337. The molecule has 2 N–H and O–H groups in total. The van der Waals surface area contributed by atoms with Crippen LogP contribution in [0.3, 0.4) is 0 Å². The normalized spacial score (nSPS) is 19.0. The Morgan fingerprint density at radius 2 is 1.94 bits per heavy atom. The second kappa shape index (κ2) is 9.56. The van der Waals surface area contributed by atoms with E-state index in [1.807, 2.05) is 55.5 Å². The van der Waals surface area contributed by atoms with Crippen molar-refractivity contribution in [1.29, 1.82) is 0 Å². The molecule has 34 heavy (non-hydrogen) atoms. The SMILES string of the molecule is CCOc1cccc([C@H]2CC(c3ccc4c(c3)OCO4)=N[C@@H](c3ccc(OC)c(Br)c3)N2)c1O. The van der Waals surface area contributed by atoms with Gasteiger partial charge in [0.2, 0.25) is 6.79 Å². The lowest BCUT2D eigenvalue weighted by Gasteiger charge is -2.31. The lowest BCUT2D eigenvalue weighted by molar-refractivity contribution is 0.174. The summed E-state index contributed by atoms with van der Waals surface area (Å²) in [5.74, 6) is 2.80. The van der Waals surface area contributed by atoms with Crippen molar-refractivity contribution >= 4 is 21.6 Å². The molecule has 0 fully saturated rings. The van der Waals surface area contributed by atoms with Gasteiger partial charge in [-0.3, -0.25) is 10.3 Å². The van der Waals surface area contributed by atoms with Crippen LogP contribution in [0.4, 0.5) is 0 Å². The molecule has 0 aromatic heterocycles. The molecule has 2 atom stereocenters. The van der Waals surface area contributed by atoms with Crippen LogP contribution in [-0.4, -0.2) is 31.3 Å². The van der Waals surface area contributed by atoms with Crippen molar-refractivity contribution in [2.75, 3.05) is 20.5 Å². The van der Waals surface area contributed by atoms with Gasteiger partial charge in [-0.2, -0.15) is 0 Å². The van der Waals surface area contributed by atoms with Crippen LogP contribution >= 0.6 is 15.9 Å². The largest absolute Gasteiger partial charge is 0.504 e. The number of phenolic OH excluding ortho intramolecular Hbond substituents is 1. The van der Waals surface area contributed by atoms with Crippen molar-refractivity contribution in [3.8, 4) is 28.7 Å². The Morgan fingerprint density at radius 1 is 1.09 bits per heavy atom. The van der Waals surface area contributed by atoms with Gasteiger partial charge < -0.3 is 24.1 Å². The molecule has 0 saturated heterocycles. The lowest BCUT2D eigenvalue weighted by atomic mass is 9.93. The zero-order valence-corrected chi connectivity index (χ0v) is 20.5. The van der Waals surface area contributed by atoms with E-state index in [2.05, 4.69) is 21.2 Å². The summed E-state index contributed by atoms with van der Waals surface area (Å²) in [4.78, 5) is 5.04. The van der Waals surface area contributed by atoms with Crippen LogP contribution in [-0.2, 0) is 0 Å². The number of ether oxygens (including phenoxy) is 4. The van der Waals surface area contributed by atoms with Crippen LogP contribution in [0, 0.1) is 0 Å². The molecule has 0 saturated carbocycles. The number of fused-ring (bicyclic) bond motifs is 1. The molecule has 0 aliphatic carbocycles. The van der Waals surface area contributed by atoms with Crippen LogP contribution in [0.2, 0.25) is 0 Å². The number of para-hydroxylation sites is 1. The molecule has 0 spiro atoms. The van der Waals surface area contributed by atoms with Gasteiger partial charge in [-0.1, -0.05) is 18.2 Å². The molecule has 0 amide bonds. The molecule has 3 aromatic carbocycles. The number of aromatic hydroxyl groups is 1. The number of nitrogens with zero attached hydrogens (tertiary/aromatic N) is 1. The summed E-state index contributed by atoms with van der Waals surface area (Å²) in [5, 5.41) is 14.6. The van der Waals surface area contributed by atoms with Crippen molar-refractivity contribution in [3.63, 3.8) is 0 Å². The van der Waals surface area contributed by atoms with E-state index in [-0.39, 0.29) is 24.8 Å². The lowest BCUT2D eigenvalue weighted by Crippen LogP contribution is -2.33. The van der Waals surface area contributed by atoms with Crippen molar-refractivity contribution in [3.05, 3.63) is 75.8 Å². The first kappa shape index (κ1) is 22.6. The van der Waals surface area contributed by atoms with E-state index >= 15 is 0 Å². The van der Waals surface area contributed by atoms with E-state index < -0.39 is 0 Å². The zero-order valence-electron chi connectivity index (χ0n) is 18.9. The third kappa shape index (κ3) is 4.31. The maximum absolute atomic E-state index is 11.0. The first-order valence-electron chi connectivity index (χ1n) is 11.1. The van der Waals surface area contributed by atoms with Crippen LogP contribution in [0.1, 0.15) is 42.2 Å². The Morgan fingerprint density at radius 3 is 2.74 bits per heavy atom. The van der Waals surface area contributed by atoms with Gasteiger partial charge >= 0.3 is 0 Å². The first-order chi connectivity index (χ1) is 16.6. The highest BCUT2D eigenvalue weighted by atomic mass is 79.9. The molecule has 0 radical (unpaired) electrons. The number of aliphatic imine (C=N–C) groups is 1. The van der Waals surface area contributed by atoms with Gasteiger partial charge in [0.1, 0.15) is 11.9 Å². The molecule has 0 bridgehead atoms. The van der Waals surface area contributed by atoms with Gasteiger partial charge in [0.15, 0.2) is 23.0 Å². The number of methoxy groups -OCH3 is 1. The van der Waals surface area contributed by atoms with E-state index in [9.17, 15) is 5.11 Å². The molecule has 2 aliphatic rings. The van der Waals surface area contributed by atoms with Crippen molar-refractivity contribution in [1.82, 2.24) is 5.32 Å². The quantitative estimate of drug-likeness (QED) is 0.442.